The molecule has 0 fully saturated rings. The first-order valence-corrected chi connectivity index (χ1v) is 6.46. The number of amides is 1. The minimum absolute atomic E-state index is 0.159. The van der Waals surface area contributed by atoms with Crippen LogP contribution in [0.15, 0.2) is 47.2 Å². The Labute approximate surface area is 118 Å². The third-order valence-corrected chi connectivity index (χ3v) is 3.59. The minimum Gasteiger partial charge on any atom is -0.348 e. The van der Waals surface area contributed by atoms with Gasteiger partial charge in [-0.2, -0.15) is 0 Å². The molecule has 1 N–H and O–H groups in total. The lowest BCUT2D eigenvalue weighted by molar-refractivity contribution is 0.0951. The van der Waals surface area contributed by atoms with E-state index in [2.05, 4.69) is 26.2 Å². The molecule has 0 aliphatic rings. The highest BCUT2D eigenvalue weighted by Crippen LogP contribution is 2.23. The van der Waals surface area contributed by atoms with Gasteiger partial charge in [0.15, 0.2) is 0 Å². The highest BCUT2D eigenvalue weighted by atomic mass is 79.9. The fraction of sp³-hybridized carbons (Fsp3) is 0.0769. The molecule has 1 aromatic heterocycles. The fourth-order valence-electron chi connectivity index (χ4n) is 1.42. The molecule has 2 rings (SSSR count). The summed E-state index contributed by atoms with van der Waals surface area (Å²) in [6, 6.07) is 8.83. The summed E-state index contributed by atoms with van der Waals surface area (Å²) in [6.07, 6.45) is 3.41. The predicted octanol–water partition coefficient (Wildman–Crippen LogP) is 3.43. The van der Waals surface area contributed by atoms with Crippen LogP contribution in [-0.4, -0.2) is 10.9 Å². The summed E-state index contributed by atoms with van der Waals surface area (Å²) in [5.74, 6) is -0.159. The van der Waals surface area contributed by atoms with Crippen molar-refractivity contribution < 1.29 is 4.79 Å². The average Bonchev–Trinajstić information content (AvgIpc) is 2.40. The number of halogens is 2. The topological polar surface area (TPSA) is 42.0 Å². The molecule has 0 atom stereocenters. The summed E-state index contributed by atoms with van der Waals surface area (Å²) in [7, 11) is 0. The first-order chi connectivity index (χ1) is 8.66. The van der Waals surface area contributed by atoms with Crippen LogP contribution >= 0.6 is 27.5 Å². The van der Waals surface area contributed by atoms with E-state index in [1.807, 2.05) is 12.1 Å². The van der Waals surface area contributed by atoms with Crippen LogP contribution in [0.25, 0.3) is 0 Å². The molecule has 2 aromatic rings. The smallest absolute Gasteiger partial charge is 0.251 e. The molecule has 0 spiro atoms. The van der Waals surface area contributed by atoms with E-state index in [9.17, 15) is 4.79 Å². The molecule has 92 valence electrons. The number of benzene rings is 1. The van der Waals surface area contributed by atoms with Gasteiger partial charge >= 0.3 is 0 Å². The van der Waals surface area contributed by atoms with Crippen molar-refractivity contribution >= 4 is 33.4 Å². The van der Waals surface area contributed by atoms with Crippen molar-refractivity contribution in [1.29, 1.82) is 0 Å². The molecule has 0 bridgehead atoms. The molecule has 1 amide bonds. The fourth-order valence-corrected chi connectivity index (χ4v) is 1.85. The average molecular weight is 326 g/mol. The number of nitrogens with one attached hydrogen (secondary N) is 1. The zero-order valence-corrected chi connectivity index (χ0v) is 11.7. The van der Waals surface area contributed by atoms with Crippen molar-refractivity contribution in [3.63, 3.8) is 0 Å². The highest BCUT2D eigenvalue weighted by Gasteiger charge is 2.07. The van der Waals surface area contributed by atoms with Gasteiger partial charge in [0.25, 0.3) is 5.91 Å². The molecule has 0 saturated carbocycles. The molecule has 1 heterocycles. The summed E-state index contributed by atoms with van der Waals surface area (Å²) >= 11 is 9.22. The van der Waals surface area contributed by atoms with Crippen molar-refractivity contribution in [2.75, 3.05) is 0 Å². The second-order valence-corrected chi connectivity index (χ2v) is 4.93. The summed E-state index contributed by atoms with van der Waals surface area (Å²) in [5.41, 5.74) is 1.49. The molecular weight excluding hydrogens is 316 g/mol. The Morgan fingerprint density at radius 3 is 2.89 bits per heavy atom. The zero-order valence-electron chi connectivity index (χ0n) is 9.36. The zero-order chi connectivity index (χ0) is 13.0. The highest BCUT2D eigenvalue weighted by molar-refractivity contribution is 9.10. The van der Waals surface area contributed by atoms with Gasteiger partial charge in [0.05, 0.1) is 5.02 Å². The van der Waals surface area contributed by atoms with Gasteiger partial charge in [-0.1, -0.05) is 17.7 Å². The molecule has 0 saturated heterocycles. The molecule has 0 unspecified atom stereocenters. The first-order valence-electron chi connectivity index (χ1n) is 5.29. The Kier molecular flexibility index (Phi) is 4.33. The summed E-state index contributed by atoms with van der Waals surface area (Å²) in [4.78, 5) is 15.9. The number of carbonyl (C=O) groups excluding carboxylic acids is 1. The van der Waals surface area contributed by atoms with Gasteiger partial charge < -0.3 is 5.32 Å². The monoisotopic (exact) mass is 324 g/mol. The Morgan fingerprint density at radius 1 is 1.39 bits per heavy atom. The number of nitrogens with zero attached hydrogens (tertiary/aromatic N) is 1. The summed E-state index contributed by atoms with van der Waals surface area (Å²) in [6.45, 7) is 0.445. The van der Waals surface area contributed by atoms with Crippen molar-refractivity contribution in [1.82, 2.24) is 10.3 Å². The van der Waals surface area contributed by atoms with Crippen LogP contribution in [0.1, 0.15) is 15.9 Å². The normalized spacial score (nSPS) is 10.1. The Balaban J connectivity index is 2.02. The number of rotatable bonds is 3. The maximum atomic E-state index is 11.9. The molecule has 5 heteroatoms. The van der Waals surface area contributed by atoms with E-state index in [0.29, 0.717) is 17.1 Å². The van der Waals surface area contributed by atoms with E-state index in [1.54, 1.807) is 30.6 Å². The largest absolute Gasteiger partial charge is 0.348 e. The van der Waals surface area contributed by atoms with Crippen molar-refractivity contribution in [2.45, 2.75) is 6.54 Å². The maximum absolute atomic E-state index is 11.9. The van der Waals surface area contributed by atoms with E-state index >= 15 is 0 Å². The number of aromatic nitrogens is 1. The van der Waals surface area contributed by atoms with Crippen LogP contribution in [0.2, 0.25) is 5.02 Å². The van der Waals surface area contributed by atoms with Crippen LogP contribution in [-0.2, 0) is 6.54 Å². The van der Waals surface area contributed by atoms with E-state index in [-0.39, 0.29) is 5.91 Å². The molecule has 1 aromatic carbocycles. The summed E-state index contributed by atoms with van der Waals surface area (Å²) in [5, 5.41) is 3.33. The van der Waals surface area contributed by atoms with Gasteiger partial charge in [-0.3, -0.25) is 9.78 Å². The van der Waals surface area contributed by atoms with Crippen LogP contribution in [0.4, 0.5) is 0 Å². The lowest BCUT2D eigenvalue weighted by Crippen LogP contribution is -2.22. The van der Waals surface area contributed by atoms with E-state index < -0.39 is 0 Å². The number of pyridine rings is 1. The number of hydrogen-bond acceptors (Lipinski definition) is 2. The predicted molar refractivity (Wildman–Crippen MR) is 74.6 cm³/mol. The van der Waals surface area contributed by atoms with Crippen LogP contribution in [0.5, 0.6) is 0 Å². The minimum atomic E-state index is -0.159. The van der Waals surface area contributed by atoms with Crippen LogP contribution in [0.3, 0.4) is 0 Å². The SMILES string of the molecule is O=C(NCc1cccnc1)c1ccc(Br)c(Cl)c1. The third-order valence-electron chi connectivity index (χ3n) is 2.36. The van der Waals surface area contributed by atoms with Gasteiger partial charge in [0.1, 0.15) is 0 Å². The van der Waals surface area contributed by atoms with E-state index in [4.69, 9.17) is 11.6 Å². The Hall–Kier alpha value is -1.39. The van der Waals surface area contributed by atoms with Gasteiger partial charge in [-0.15, -0.1) is 0 Å². The molecule has 0 aliphatic carbocycles. The number of hydrogen-bond donors (Lipinski definition) is 1. The maximum Gasteiger partial charge on any atom is 0.251 e. The van der Waals surface area contributed by atoms with E-state index in [0.717, 1.165) is 10.0 Å². The molecular formula is C13H10BrClN2O. The van der Waals surface area contributed by atoms with Crippen LogP contribution < -0.4 is 5.32 Å². The lowest BCUT2D eigenvalue weighted by atomic mass is 10.2. The lowest BCUT2D eigenvalue weighted by Gasteiger charge is -2.06. The second-order valence-electron chi connectivity index (χ2n) is 3.67. The van der Waals surface area contributed by atoms with Crippen LogP contribution in [0, 0.1) is 0 Å². The first kappa shape index (κ1) is 13.1. The molecule has 3 nitrogen and oxygen atoms in total. The third kappa shape index (κ3) is 3.31. The van der Waals surface area contributed by atoms with Gasteiger partial charge in [0, 0.05) is 29.0 Å². The van der Waals surface area contributed by atoms with Gasteiger partial charge in [-0.25, -0.2) is 0 Å². The Bertz CT molecular complexity index is 560. The van der Waals surface area contributed by atoms with Crippen molar-refractivity contribution in [2.24, 2.45) is 0 Å². The van der Waals surface area contributed by atoms with E-state index in [1.165, 1.54) is 0 Å². The summed E-state index contributed by atoms with van der Waals surface area (Å²) < 4.78 is 0.771. The second kappa shape index (κ2) is 5.98. The van der Waals surface area contributed by atoms with Gasteiger partial charge in [0.2, 0.25) is 0 Å². The Morgan fingerprint density at radius 2 is 2.22 bits per heavy atom. The molecule has 18 heavy (non-hydrogen) atoms. The quantitative estimate of drug-likeness (QED) is 0.939. The van der Waals surface area contributed by atoms with Crippen molar-refractivity contribution in [3.8, 4) is 0 Å². The molecule has 0 radical (unpaired) electrons. The number of carbonyl (C=O) groups is 1. The standard InChI is InChI=1S/C13H10BrClN2O/c14-11-4-3-10(6-12(11)15)13(18)17-8-9-2-1-5-16-7-9/h1-7H,8H2,(H,17,18). The van der Waals surface area contributed by atoms with Crippen molar-refractivity contribution in [3.05, 3.63) is 63.3 Å². The molecule has 0 aliphatic heterocycles. The van der Waals surface area contributed by atoms with Gasteiger partial charge in [-0.05, 0) is 45.8 Å².